The third-order valence-corrected chi connectivity index (χ3v) is 4.04. The van der Waals surface area contributed by atoms with Crippen LogP contribution in [0.5, 0.6) is 5.75 Å². The molecule has 0 atom stereocenters. The van der Waals surface area contributed by atoms with Gasteiger partial charge in [-0.15, -0.1) is 13.2 Å². The van der Waals surface area contributed by atoms with Crippen LogP contribution in [0.4, 0.5) is 29.1 Å². The Kier molecular flexibility index (Phi) is 5.52. The molecule has 3 aromatic rings. The summed E-state index contributed by atoms with van der Waals surface area (Å²) < 4.78 is 54.0. The number of rotatable bonds is 4. The van der Waals surface area contributed by atoms with Crippen LogP contribution >= 0.6 is 27.5 Å². The van der Waals surface area contributed by atoms with E-state index < -0.39 is 12.2 Å². The molecule has 10 heteroatoms. The number of aromatic nitrogens is 2. The van der Waals surface area contributed by atoms with Gasteiger partial charge in [0.1, 0.15) is 22.5 Å². The number of ether oxygens (including phenoxy) is 1. The monoisotopic (exact) mass is 461 g/mol. The van der Waals surface area contributed by atoms with Crippen LogP contribution in [0.15, 0.2) is 53.0 Å². The van der Waals surface area contributed by atoms with Crippen molar-refractivity contribution in [3.8, 4) is 17.1 Å². The van der Waals surface area contributed by atoms with Crippen molar-refractivity contribution in [2.75, 3.05) is 5.32 Å². The highest BCUT2D eigenvalue weighted by Crippen LogP contribution is 2.33. The third kappa shape index (κ3) is 5.30. The van der Waals surface area contributed by atoms with Crippen LogP contribution in [0.3, 0.4) is 0 Å². The maximum Gasteiger partial charge on any atom is 0.573 e. The summed E-state index contributed by atoms with van der Waals surface area (Å²) in [6.45, 7) is 0. The first-order valence-electron chi connectivity index (χ1n) is 7.32. The van der Waals surface area contributed by atoms with Crippen LogP contribution in [0.1, 0.15) is 0 Å². The molecule has 0 aliphatic rings. The molecule has 0 saturated heterocycles. The van der Waals surface area contributed by atoms with Crippen LogP contribution < -0.4 is 10.1 Å². The van der Waals surface area contributed by atoms with Gasteiger partial charge in [-0.2, -0.15) is 0 Å². The molecule has 0 unspecified atom stereocenters. The van der Waals surface area contributed by atoms with Crippen LogP contribution in [0.2, 0.25) is 5.15 Å². The molecule has 140 valence electrons. The number of nitrogens with one attached hydrogen (secondary N) is 1. The van der Waals surface area contributed by atoms with Gasteiger partial charge in [0.25, 0.3) is 0 Å². The van der Waals surface area contributed by atoms with Crippen molar-refractivity contribution in [2.45, 2.75) is 6.36 Å². The van der Waals surface area contributed by atoms with E-state index in [0.717, 1.165) is 6.07 Å². The van der Waals surface area contributed by atoms with Gasteiger partial charge in [-0.3, -0.25) is 0 Å². The van der Waals surface area contributed by atoms with Crippen molar-refractivity contribution in [3.05, 3.63) is 64.0 Å². The standard InChI is InChI=1S/C17H9BrClF4N3O/c18-12-7-11(5-6-13(12)27-17(21,22)23)24-15-8-14(19)25-16(26-15)9-1-3-10(20)4-2-9/h1-8H,(H,24,25,26). The average molecular weight is 463 g/mol. The number of anilines is 2. The molecule has 0 aliphatic carbocycles. The molecular weight excluding hydrogens is 454 g/mol. The zero-order valence-corrected chi connectivity index (χ0v) is 15.5. The molecule has 0 amide bonds. The summed E-state index contributed by atoms with van der Waals surface area (Å²) in [5, 5.41) is 3.06. The van der Waals surface area contributed by atoms with E-state index in [4.69, 9.17) is 11.6 Å². The smallest absolute Gasteiger partial charge is 0.405 e. The zero-order valence-electron chi connectivity index (χ0n) is 13.2. The molecule has 3 rings (SSSR count). The lowest BCUT2D eigenvalue weighted by atomic mass is 10.2. The minimum atomic E-state index is -4.79. The lowest BCUT2D eigenvalue weighted by Crippen LogP contribution is -2.17. The minimum Gasteiger partial charge on any atom is -0.405 e. The number of hydrogen-bond donors (Lipinski definition) is 1. The highest BCUT2D eigenvalue weighted by atomic mass is 79.9. The van der Waals surface area contributed by atoms with Crippen molar-refractivity contribution in [1.29, 1.82) is 0 Å². The van der Waals surface area contributed by atoms with Gasteiger partial charge >= 0.3 is 6.36 Å². The normalized spacial score (nSPS) is 11.3. The maximum atomic E-state index is 13.1. The van der Waals surface area contributed by atoms with Gasteiger partial charge in [0, 0.05) is 17.3 Å². The van der Waals surface area contributed by atoms with Gasteiger partial charge in [0.2, 0.25) is 0 Å². The predicted molar refractivity (Wildman–Crippen MR) is 96.5 cm³/mol. The van der Waals surface area contributed by atoms with Crippen LogP contribution in [-0.4, -0.2) is 16.3 Å². The predicted octanol–water partition coefficient (Wildman–Crippen LogP) is 6.34. The maximum absolute atomic E-state index is 13.1. The second-order valence-electron chi connectivity index (χ2n) is 5.22. The van der Waals surface area contributed by atoms with Crippen molar-refractivity contribution in [3.63, 3.8) is 0 Å². The number of nitrogens with zero attached hydrogens (tertiary/aromatic N) is 2. The Labute approximate surface area is 164 Å². The summed E-state index contributed by atoms with van der Waals surface area (Å²) in [6, 6.07) is 10.9. The third-order valence-electron chi connectivity index (χ3n) is 3.23. The lowest BCUT2D eigenvalue weighted by Gasteiger charge is -2.12. The molecule has 2 aromatic carbocycles. The molecule has 27 heavy (non-hydrogen) atoms. The van der Waals surface area contributed by atoms with E-state index in [2.05, 4.69) is 36.0 Å². The lowest BCUT2D eigenvalue weighted by molar-refractivity contribution is -0.274. The Bertz CT molecular complexity index is 967. The molecule has 0 spiro atoms. The first-order chi connectivity index (χ1) is 12.7. The van der Waals surface area contributed by atoms with Gasteiger partial charge in [-0.1, -0.05) is 11.6 Å². The molecular formula is C17H9BrClF4N3O. The summed E-state index contributed by atoms with van der Waals surface area (Å²) >= 11 is 9.03. The highest BCUT2D eigenvalue weighted by Gasteiger charge is 2.31. The van der Waals surface area contributed by atoms with Gasteiger partial charge in [-0.05, 0) is 58.4 Å². The SMILES string of the molecule is Fc1ccc(-c2nc(Cl)cc(Nc3ccc(OC(F)(F)F)c(Br)c3)n2)cc1. The summed E-state index contributed by atoms with van der Waals surface area (Å²) in [6.07, 6.45) is -4.79. The number of benzene rings is 2. The average Bonchev–Trinajstić information content (AvgIpc) is 2.56. The summed E-state index contributed by atoms with van der Waals surface area (Å²) in [5.74, 6) is -0.197. The molecule has 0 saturated carbocycles. The van der Waals surface area contributed by atoms with Crippen molar-refractivity contribution >= 4 is 39.0 Å². The van der Waals surface area contributed by atoms with Crippen LogP contribution in [-0.2, 0) is 0 Å². The zero-order chi connectivity index (χ0) is 19.6. The fourth-order valence-corrected chi connectivity index (χ4v) is 2.79. The van der Waals surface area contributed by atoms with Gasteiger partial charge in [0.05, 0.1) is 4.47 Å². The summed E-state index contributed by atoms with van der Waals surface area (Å²) in [4.78, 5) is 8.37. The topological polar surface area (TPSA) is 47.0 Å². The second kappa shape index (κ2) is 7.69. The van der Waals surface area contributed by atoms with Crippen LogP contribution in [0.25, 0.3) is 11.4 Å². The van der Waals surface area contributed by atoms with E-state index in [-0.39, 0.29) is 21.2 Å². The molecule has 1 heterocycles. The Hall–Kier alpha value is -2.39. The Morgan fingerprint density at radius 1 is 1.00 bits per heavy atom. The molecule has 0 fully saturated rings. The first kappa shape index (κ1) is 19.4. The highest BCUT2D eigenvalue weighted by molar-refractivity contribution is 9.10. The van der Waals surface area contributed by atoms with E-state index in [1.807, 2.05) is 0 Å². The van der Waals surface area contributed by atoms with E-state index in [0.29, 0.717) is 17.1 Å². The van der Waals surface area contributed by atoms with Crippen molar-refractivity contribution in [1.82, 2.24) is 9.97 Å². The quantitative estimate of drug-likeness (QED) is 0.363. The van der Waals surface area contributed by atoms with E-state index in [1.165, 1.54) is 42.5 Å². The number of hydrogen-bond acceptors (Lipinski definition) is 4. The van der Waals surface area contributed by atoms with Crippen molar-refractivity contribution < 1.29 is 22.3 Å². The summed E-state index contributed by atoms with van der Waals surface area (Å²) in [5.41, 5.74) is 0.994. The Morgan fingerprint density at radius 3 is 2.33 bits per heavy atom. The van der Waals surface area contributed by atoms with Crippen molar-refractivity contribution in [2.24, 2.45) is 0 Å². The fourth-order valence-electron chi connectivity index (χ4n) is 2.14. The molecule has 4 nitrogen and oxygen atoms in total. The van der Waals surface area contributed by atoms with Crippen LogP contribution in [0, 0.1) is 5.82 Å². The van der Waals surface area contributed by atoms with Gasteiger partial charge in [0.15, 0.2) is 5.82 Å². The summed E-state index contributed by atoms with van der Waals surface area (Å²) in [7, 11) is 0. The number of halogens is 6. The molecule has 0 radical (unpaired) electrons. The molecule has 1 aromatic heterocycles. The largest absolute Gasteiger partial charge is 0.573 e. The first-order valence-corrected chi connectivity index (χ1v) is 8.49. The molecule has 0 bridgehead atoms. The Morgan fingerprint density at radius 2 is 1.70 bits per heavy atom. The Balaban J connectivity index is 1.85. The van der Waals surface area contributed by atoms with E-state index in [1.54, 1.807) is 0 Å². The second-order valence-corrected chi connectivity index (χ2v) is 6.47. The molecule has 0 aliphatic heterocycles. The minimum absolute atomic E-state index is 0.101. The molecule has 1 N–H and O–H groups in total. The van der Waals surface area contributed by atoms with Gasteiger partial charge in [-0.25, -0.2) is 14.4 Å². The fraction of sp³-hybridized carbons (Fsp3) is 0.0588. The van der Waals surface area contributed by atoms with Gasteiger partial charge < -0.3 is 10.1 Å². The van der Waals surface area contributed by atoms with E-state index in [9.17, 15) is 17.6 Å². The number of alkyl halides is 3. The van der Waals surface area contributed by atoms with E-state index >= 15 is 0 Å².